The van der Waals surface area contributed by atoms with Gasteiger partial charge in [0.15, 0.2) is 11.5 Å². The standard InChI is InChI=1S/C34H47N3O7/c1-35(2)21-29(39)43-31-26-14-12-23(20-28(38)37-18-16-25(17-19-37)24-10-8-7-9-11-24)13-15-27(26)32(34(42-6)33(31)41-5)44-30(40)22-36(3)4/h7-11,23,25H,12-22H2,1-6H3. The SMILES string of the molecule is COc1c(OC(=O)CN(C)C)c2c(c(OC(=O)CN(C)C)c1OC)CCC(CC(=O)N1CCC(c3ccccc3)CC1)CC2. The van der Waals surface area contributed by atoms with Crippen LogP contribution < -0.4 is 18.9 Å². The number of piperidine rings is 1. The van der Waals surface area contributed by atoms with Gasteiger partial charge < -0.3 is 23.8 Å². The van der Waals surface area contributed by atoms with Crippen LogP contribution in [0.1, 0.15) is 54.7 Å². The maximum Gasteiger partial charge on any atom is 0.325 e. The van der Waals surface area contributed by atoms with Gasteiger partial charge in [-0.2, -0.15) is 0 Å². The van der Waals surface area contributed by atoms with Crippen molar-refractivity contribution in [3.63, 3.8) is 0 Å². The highest BCUT2D eigenvalue weighted by Crippen LogP contribution is 2.52. The highest BCUT2D eigenvalue weighted by molar-refractivity contribution is 5.81. The first kappa shape index (κ1) is 33.3. The summed E-state index contributed by atoms with van der Waals surface area (Å²) in [4.78, 5) is 44.6. The molecular weight excluding hydrogens is 562 g/mol. The molecule has 10 heteroatoms. The van der Waals surface area contributed by atoms with E-state index < -0.39 is 11.9 Å². The van der Waals surface area contributed by atoms with Crippen LogP contribution in [-0.4, -0.2) is 101 Å². The number of likely N-dealkylation sites (N-methyl/N-ethyl adjacent to an activating group) is 2. The van der Waals surface area contributed by atoms with Crippen LogP contribution in [0.2, 0.25) is 0 Å². The molecule has 0 spiro atoms. The van der Waals surface area contributed by atoms with Gasteiger partial charge in [-0.05, 0) is 84.1 Å². The van der Waals surface area contributed by atoms with Gasteiger partial charge in [0.2, 0.25) is 17.4 Å². The molecule has 0 saturated carbocycles. The number of methoxy groups -OCH3 is 2. The van der Waals surface area contributed by atoms with Crippen LogP contribution in [0.3, 0.4) is 0 Å². The van der Waals surface area contributed by atoms with Crippen LogP contribution in [-0.2, 0) is 27.2 Å². The van der Waals surface area contributed by atoms with Crippen molar-refractivity contribution >= 4 is 17.8 Å². The molecule has 240 valence electrons. The fourth-order valence-corrected chi connectivity index (χ4v) is 6.29. The highest BCUT2D eigenvalue weighted by atomic mass is 16.6. The second kappa shape index (κ2) is 15.4. The molecule has 1 saturated heterocycles. The number of carbonyl (C=O) groups is 3. The molecule has 1 fully saturated rings. The summed E-state index contributed by atoms with van der Waals surface area (Å²) >= 11 is 0. The molecule has 1 amide bonds. The summed E-state index contributed by atoms with van der Waals surface area (Å²) in [5.41, 5.74) is 2.85. The van der Waals surface area contributed by atoms with Gasteiger partial charge in [-0.3, -0.25) is 24.2 Å². The third kappa shape index (κ3) is 8.30. The molecule has 1 heterocycles. The number of carbonyl (C=O) groups excluding carboxylic acids is 3. The third-order valence-corrected chi connectivity index (χ3v) is 8.45. The number of amides is 1. The molecule has 0 unspecified atom stereocenters. The molecule has 0 atom stereocenters. The Kier molecular flexibility index (Phi) is 11.6. The van der Waals surface area contributed by atoms with Crippen molar-refractivity contribution in [2.75, 3.05) is 68.6 Å². The van der Waals surface area contributed by atoms with Gasteiger partial charge >= 0.3 is 11.9 Å². The van der Waals surface area contributed by atoms with Crippen LogP contribution in [0.25, 0.3) is 0 Å². The number of nitrogens with zero attached hydrogens (tertiary/aromatic N) is 3. The molecule has 10 nitrogen and oxygen atoms in total. The van der Waals surface area contributed by atoms with Crippen LogP contribution in [0.15, 0.2) is 30.3 Å². The maximum absolute atomic E-state index is 13.5. The smallest absolute Gasteiger partial charge is 0.325 e. The Balaban J connectivity index is 1.55. The quantitative estimate of drug-likeness (QED) is 0.213. The Hall–Kier alpha value is -3.63. The summed E-state index contributed by atoms with van der Waals surface area (Å²) in [7, 11) is 10.1. The fourth-order valence-electron chi connectivity index (χ4n) is 6.29. The van der Waals surface area contributed by atoms with E-state index in [1.807, 2.05) is 11.0 Å². The number of rotatable bonds is 11. The van der Waals surface area contributed by atoms with Crippen molar-refractivity contribution in [3.8, 4) is 23.0 Å². The number of likely N-dealkylation sites (tertiary alicyclic amines) is 1. The number of hydrogen-bond donors (Lipinski definition) is 0. The van der Waals surface area contributed by atoms with Crippen LogP contribution in [0.5, 0.6) is 23.0 Å². The first-order valence-corrected chi connectivity index (χ1v) is 15.4. The summed E-state index contributed by atoms with van der Waals surface area (Å²) in [6, 6.07) is 10.5. The fraction of sp³-hybridized carbons (Fsp3) is 0.559. The average molecular weight is 610 g/mol. The summed E-state index contributed by atoms with van der Waals surface area (Å²) in [6.07, 6.45) is 4.89. The largest absolute Gasteiger partial charge is 0.490 e. The minimum atomic E-state index is -0.440. The summed E-state index contributed by atoms with van der Waals surface area (Å²) < 4.78 is 23.3. The van der Waals surface area contributed by atoms with E-state index in [1.54, 1.807) is 38.0 Å². The lowest BCUT2D eigenvalue weighted by atomic mass is 9.89. The summed E-state index contributed by atoms with van der Waals surface area (Å²) in [5, 5.41) is 0. The molecule has 0 bridgehead atoms. The maximum atomic E-state index is 13.5. The van der Waals surface area contributed by atoms with Gasteiger partial charge in [0.05, 0.1) is 27.3 Å². The van der Waals surface area contributed by atoms with Crippen molar-refractivity contribution in [1.29, 1.82) is 0 Å². The minimum absolute atomic E-state index is 0.0813. The predicted octanol–water partition coefficient (Wildman–Crippen LogP) is 3.93. The Morgan fingerprint density at radius 3 is 1.64 bits per heavy atom. The zero-order valence-corrected chi connectivity index (χ0v) is 27.0. The zero-order valence-electron chi connectivity index (χ0n) is 27.0. The van der Waals surface area contributed by atoms with Gasteiger partial charge in [0, 0.05) is 30.6 Å². The van der Waals surface area contributed by atoms with Gasteiger partial charge in [-0.15, -0.1) is 0 Å². The van der Waals surface area contributed by atoms with E-state index in [9.17, 15) is 14.4 Å². The van der Waals surface area contributed by atoms with Crippen LogP contribution >= 0.6 is 0 Å². The van der Waals surface area contributed by atoms with Crippen molar-refractivity contribution < 1.29 is 33.3 Å². The molecule has 0 aromatic heterocycles. The van der Waals surface area contributed by atoms with Gasteiger partial charge in [0.25, 0.3) is 0 Å². The molecule has 2 aromatic rings. The van der Waals surface area contributed by atoms with Gasteiger partial charge in [-0.1, -0.05) is 30.3 Å². The molecule has 1 aliphatic carbocycles. The van der Waals surface area contributed by atoms with Crippen molar-refractivity contribution in [3.05, 3.63) is 47.0 Å². The van der Waals surface area contributed by atoms with Gasteiger partial charge in [-0.25, -0.2) is 0 Å². The number of ether oxygens (including phenoxy) is 4. The lowest BCUT2D eigenvalue weighted by Gasteiger charge is -2.33. The molecule has 4 rings (SSSR count). The molecular formula is C34H47N3O7. The third-order valence-electron chi connectivity index (χ3n) is 8.45. The normalized spacial score (nSPS) is 16.0. The molecule has 0 radical (unpaired) electrons. The molecule has 1 aliphatic heterocycles. The van der Waals surface area contributed by atoms with E-state index in [4.69, 9.17) is 18.9 Å². The monoisotopic (exact) mass is 609 g/mol. The summed E-state index contributed by atoms with van der Waals surface area (Å²) in [5.74, 6) is 0.896. The van der Waals surface area contributed by atoms with Crippen molar-refractivity contribution in [1.82, 2.24) is 14.7 Å². The number of hydrogen-bond acceptors (Lipinski definition) is 9. The molecule has 44 heavy (non-hydrogen) atoms. The molecule has 0 N–H and O–H groups in total. The van der Waals surface area contributed by atoms with E-state index in [0.717, 1.165) is 49.9 Å². The zero-order chi connectivity index (χ0) is 31.8. The lowest BCUT2D eigenvalue weighted by molar-refractivity contribution is -0.136. The number of fused-ring (bicyclic) bond motifs is 1. The molecule has 2 aromatic carbocycles. The first-order chi connectivity index (χ1) is 21.1. The highest BCUT2D eigenvalue weighted by Gasteiger charge is 2.34. The topological polar surface area (TPSA) is 97.8 Å². The van der Waals surface area contributed by atoms with E-state index >= 15 is 0 Å². The van der Waals surface area contributed by atoms with E-state index in [2.05, 4.69) is 24.3 Å². The second-order valence-electron chi connectivity index (χ2n) is 12.3. The Labute approximate surface area is 261 Å². The van der Waals surface area contributed by atoms with E-state index in [0.29, 0.717) is 25.2 Å². The second-order valence-corrected chi connectivity index (χ2v) is 12.3. The average Bonchev–Trinajstić information content (AvgIpc) is 3.20. The Bertz CT molecular complexity index is 1240. The Morgan fingerprint density at radius 1 is 0.727 bits per heavy atom. The van der Waals surface area contributed by atoms with Crippen LogP contribution in [0, 0.1) is 5.92 Å². The van der Waals surface area contributed by atoms with Gasteiger partial charge in [0.1, 0.15) is 0 Å². The number of esters is 2. The number of benzene rings is 2. The minimum Gasteiger partial charge on any atom is -0.490 e. The first-order valence-electron chi connectivity index (χ1n) is 15.4. The predicted molar refractivity (Wildman–Crippen MR) is 168 cm³/mol. The molecule has 2 aliphatic rings. The Morgan fingerprint density at radius 2 is 1.20 bits per heavy atom. The van der Waals surface area contributed by atoms with E-state index in [1.165, 1.54) is 19.8 Å². The van der Waals surface area contributed by atoms with Crippen LogP contribution in [0.4, 0.5) is 0 Å². The summed E-state index contributed by atoms with van der Waals surface area (Å²) in [6.45, 7) is 1.69. The lowest BCUT2D eigenvalue weighted by Crippen LogP contribution is -2.38. The van der Waals surface area contributed by atoms with Crippen molar-refractivity contribution in [2.24, 2.45) is 5.92 Å². The van der Waals surface area contributed by atoms with E-state index in [-0.39, 0.29) is 47.9 Å². The van der Waals surface area contributed by atoms with Crippen molar-refractivity contribution in [2.45, 2.75) is 50.9 Å².